The topological polar surface area (TPSA) is 52.5 Å². The van der Waals surface area contributed by atoms with Crippen molar-refractivity contribution in [3.63, 3.8) is 0 Å². The minimum Gasteiger partial charge on any atom is -0.481 e. The number of nitrogens with zero attached hydrogens (tertiary/aromatic N) is 1. The van der Waals surface area contributed by atoms with Gasteiger partial charge < -0.3 is 19.4 Å². The molecule has 0 bridgehead atoms. The maximum atomic E-state index is 12.4. The zero-order valence-electron chi connectivity index (χ0n) is 14.7. The van der Waals surface area contributed by atoms with E-state index in [2.05, 4.69) is 9.88 Å². The Morgan fingerprint density at radius 1 is 1.23 bits per heavy atom. The monoisotopic (exact) mass is 372 g/mol. The number of hydrogen-bond acceptors (Lipinski definition) is 3. The molecule has 2 aromatic carbocycles. The largest absolute Gasteiger partial charge is 0.481 e. The van der Waals surface area contributed by atoms with Gasteiger partial charge in [0.15, 0.2) is 6.10 Å². The van der Waals surface area contributed by atoms with Gasteiger partial charge in [0.25, 0.3) is 5.91 Å². The van der Waals surface area contributed by atoms with Crippen molar-refractivity contribution in [3.8, 4) is 5.75 Å². The Balaban J connectivity index is 1.66. The zero-order chi connectivity index (χ0) is 18.5. The molecule has 0 radical (unpaired) electrons. The molecule has 1 N–H and O–H groups in total. The third-order valence-electron chi connectivity index (χ3n) is 4.05. The summed E-state index contributed by atoms with van der Waals surface area (Å²) < 4.78 is 12.9. The van der Waals surface area contributed by atoms with Crippen LogP contribution in [0.5, 0.6) is 5.75 Å². The van der Waals surface area contributed by atoms with Crippen LogP contribution >= 0.6 is 11.6 Å². The Hall–Kier alpha value is -2.50. The predicted molar refractivity (Wildman–Crippen MR) is 104 cm³/mol. The van der Waals surface area contributed by atoms with Crippen molar-refractivity contribution in [1.82, 2.24) is 4.57 Å². The van der Waals surface area contributed by atoms with Gasteiger partial charge in [0.1, 0.15) is 5.75 Å². The van der Waals surface area contributed by atoms with Gasteiger partial charge in [-0.2, -0.15) is 0 Å². The van der Waals surface area contributed by atoms with E-state index in [-0.39, 0.29) is 5.91 Å². The van der Waals surface area contributed by atoms with Gasteiger partial charge in [-0.1, -0.05) is 17.7 Å². The average Bonchev–Trinajstić information content (AvgIpc) is 3.02. The molecule has 0 fully saturated rings. The van der Waals surface area contributed by atoms with Crippen LogP contribution in [0.4, 0.5) is 5.69 Å². The lowest BCUT2D eigenvalue weighted by Gasteiger charge is -2.15. The van der Waals surface area contributed by atoms with Crippen LogP contribution in [0.3, 0.4) is 0 Å². The second-order valence-electron chi connectivity index (χ2n) is 5.98. The fourth-order valence-corrected chi connectivity index (χ4v) is 2.88. The highest BCUT2D eigenvalue weighted by Crippen LogP contribution is 2.22. The van der Waals surface area contributed by atoms with E-state index in [4.69, 9.17) is 21.1 Å². The molecule has 1 atom stereocenters. The van der Waals surface area contributed by atoms with Gasteiger partial charge in [-0.25, -0.2) is 0 Å². The number of rotatable bonds is 7. The van der Waals surface area contributed by atoms with Gasteiger partial charge in [0, 0.05) is 41.5 Å². The normalized spacial score (nSPS) is 12.1. The first-order valence-electron chi connectivity index (χ1n) is 8.38. The van der Waals surface area contributed by atoms with E-state index in [1.807, 2.05) is 30.5 Å². The molecule has 136 valence electrons. The van der Waals surface area contributed by atoms with E-state index >= 15 is 0 Å². The number of methoxy groups -OCH3 is 1. The molecule has 26 heavy (non-hydrogen) atoms. The molecule has 1 heterocycles. The molecule has 6 heteroatoms. The highest BCUT2D eigenvalue weighted by Gasteiger charge is 2.15. The molecule has 1 unspecified atom stereocenters. The summed E-state index contributed by atoms with van der Waals surface area (Å²) in [5, 5.41) is 4.52. The molecule has 0 aliphatic heterocycles. The molecular formula is C20H21ClN2O3. The van der Waals surface area contributed by atoms with Crippen LogP contribution in [0.25, 0.3) is 10.9 Å². The molecule has 3 aromatic rings. The summed E-state index contributed by atoms with van der Waals surface area (Å²) in [5.41, 5.74) is 1.83. The minimum absolute atomic E-state index is 0.219. The summed E-state index contributed by atoms with van der Waals surface area (Å²) in [6.07, 6.45) is 1.37. The molecule has 0 saturated carbocycles. The van der Waals surface area contributed by atoms with Gasteiger partial charge >= 0.3 is 0 Å². The number of benzene rings is 2. The lowest BCUT2D eigenvalue weighted by Crippen LogP contribution is -2.30. The van der Waals surface area contributed by atoms with E-state index in [1.54, 1.807) is 38.3 Å². The number of fused-ring (bicyclic) bond motifs is 1. The summed E-state index contributed by atoms with van der Waals surface area (Å²) >= 11 is 5.94. The molecule has 0 aliphatic rings. The first kappa shape index (κ1) is 18.3. The number of halogens is 1. The maximum absolute atomic E-state index is 12.4. The Morgan fingerprint density at radius 3 is 2.85 bits per heavy atom. The van der Waals surface area contributed by atoms with Crippen LogP contribution in [-0.4, -0.2) is 30.3 Å². The second-order valence-corrected chi connectivity index (χ2v) is 6.42. The SMILES string of the molecule is COCCn1ccc2cc(NC(=O)C(C)Oc3cccc(Cl)c3)ccc21. The molecule has 0 spiro atoms. The lowest BCUT2D eigenvalue weighted by molar-refractivity contribution is -0.122. The molecule has 0 saturated heterocycles. The first-order chi connectivity index (χ1) is 12.6. The van der Waals surface area contributed by atoms with Crippen molar-refractivity contribution in [2.24, 2.45) is 0 Å². The highest BCUT2D eigenvalue weighted by atomic mass is 35.5. The highest BCUT2D eigenvalue weighted by molar-refractivity contribution is 6.30. The van der Waals surface area contributed by atoms with Crippen LogP contribution < -0.4 is 10.1 Å². The summed E-state index contributed by atoms with van der Waals surface area (Å²) in [4.78, 5) is 12.4. The van der Waals surface area contributed by atoms with Crippen molar-refractivity contribution >= 4 is 34.1 Å². The lowest BCUT2D eigenvalue weighted by atomic mass is 10.2. The molecular weight excluding hydrogens is 352 g/mol. The van der Waals surface area contributed by atoms with Gasteiger partial charge in [0.2, 0.25) is 0 Å². The van der Waals surface area contributed by atoms with Crippen LogP contribution in [0.2, 0.25) is 5.02 Å². The van der Waals surface area contributed by atoms with Gasteiger partial charge in [0.05, 0.1) is 6.61 Å². The zero-order valence-corrected chi connectivity index (χ0v) is 15.5. The molecule has 1 aromatic heterocycles. The van der Waals surface area contributed by atoms with E-state index in [1.165, 1.54) is 0 Å². The number of carbonyl (C=O) groups is 1. The van der Waals surface area contributed by atoms with Gasteiger partial charge in [-0.05, 0) is 49.4 Å². The van der Waals surface area contributed by atoms with Crippen molar-refractivity contribution in [2.75, 3.05) is 19.0 Å². The predicted octanol–water partition coefficient (Wildman–Crippen LogP) is 4.35. The third kappa shape index (κ3) is 4.36. The molecule has 5 nitrogen and oxygen atoms in total. The number of hydrogen-bond donors (Lipinski definition) is 1. The number of ether oxygens (including phenoxy) is 2. The van der Waals surface area contributed by atoms with E-state index in [9.17, 15) is 4.79 Å². The number of aromatic nitrogens is 1. The second kappa shape index (κ2) is 8.25. The fraction of sp³-hybridized carbons (Fsp3) is 0.250. The Labute approximate surface area is 157 Å². The standard InChI is InChI=1S/C20H21ClN2O3/c1-14(26-18-5-3-4-16(21)13-18)20(24)22-17-6-7-19-15(12-17)8-9-23(19)10-11-25-2/h3-9,12-14H,10-11H2,1-2H3,(H,22,24). The molecule has 0 aliphatic carbocycles. The summed E-state index contributed by atoms with van der Waals surface area (Å²) in [6, 6.07) is 14.8. The number of amides is 1. The van der Waals surface area contributed by atoms with Crippen molar-refractivity contribution in [2.45, 2.75) is 19.6 Å². The van der Waals surface area contributed by atoms with Crippen LogP contribution in [0.15, 0.2) is 54.7 Å². The van der Waals surface area contributed by atoms with Crippen LogP contribution in [0, 0.1) is 0 Å². The summed E-state index contributed by atoms with van der Waals surface area (Å²) in [5.74, 6) is 0.342. The maximum Gasteiger partial charge on any atom is 0.265 e. The van der Waals surface area contributed by atoms with E-state index in [0.717, 1.165) is 23.1 Å². The van der Waals surface area contributed by atoms with Gasteiger partial charge in [-0.3, -0.25) is 4.79 Å². The fourth-order valence-electron chi connectivity index (χ4n) is 2.70. The number of carbonyl (C=O) groups excluding carboxylic acids is 1. The Kier molecular flexibility index (Phi) is 5.81. The van der Waals surface area contributed by atoms with Crippen molar-refractivity contribution < 1.29 is 14.3 Å². The Morgan fingerprint density at radius 2 is 2.08 bits per heavy atom. The third-order valence-corrected chi connectivity index (χ3v) is 4.29. The molecule has 3 rings (SSSR count). The van der Waals surface area contributed by atoms with E-state index < -0.39 is 6.10 Å². The first-order valence-corrected chi connectivity index (χ1v) is 8.75. The quantitative estimate of drug-likeness (QED) is 0.671. The van der Waals surface area contributed by atoms with Crippen LogP contribution in [-0.2, 0) is 16.1 Å². The minimum atomic E-state index is -0.643. The average molecular weight is 373 g/mol. The van der Waals surface area contributed by atoms with Crippen molar-refractivity contribution in [1.29, 1.82) is 0 Å². The van der Waals surface area contributed by atoms with Crippen LogP contribution in [0.1, 0.15) is 6.92 Å². The van der Waals surface area contributed by atoms with Crippen molar-refractivity contribution in [3.05, 3.63) is 59.8 Å². The number of anilines is 1. The summed E-state index contributed by atoms with van der Waals surface area (Å²) in [7, 11) is 1.69. The molecule has 1 amide bonds. The Bertz CT molecular complexity index is 907. The smallest absolute Gasteiger partial charge is 0.265 e. The van der Waals surface area contributed by atoms with E-state index in [0.29, 0.717) is 17.4 Å². The van der Waals surface area contributed by atoms with Gasteiger partial charge in [-0.15, -0.1) is 0 Å². The summed E-state index contributed by atoms with van der Waals surface area (Å²) in [6.45, 7) is 3.15. The number of nitrogens with one attached hydrogen (secondary N) is 1.